The van der Waals surface area contributed by atoms with Crippen molar-refractivity contribution in [3.63, 3.8) is 0 Å². The molecule has 0 saturated carbocycles. The number of aryl methyl sites for hydroxylation is 1. The van der Waals surface area contributed by atoms with Crippen LogP contribution in [0.5, 0.6) is 0 Å². The largest absolute Gasteiger partial charge is 0.281 e. The van der Waals surface area contributed by atoms with Gasteiger partial charge in [-0.05, 0) is 36.8 Å². The number of amides is 1. The van der Waals surface area contributed by atoms with E-state index in [4.69, 9.17) is 11.6 Å². The third-order valence-corrected chi connectivity index (χ3v) is 6.79. The first-order valence-corrected chi connectivity index (χ1v) is 11.5. The van der Waals surface area contributed by atoms with E-state index in [-0.39, 0.29) is 17.9 Å². The molecular formula is C22H18ClN3O2S2. The average Bonchev–Trinajstić information content (AvgIpc) is 3.09. The van der Waals surface area contributed by atoms with Gasteiger partial charge in [-0.2, -0.15) is 0 Å². The molecule has 0 fully saturated rings. The van der Waals surface area contributed by atoms with E-state index in [0.29, 0.717) is 21.0 Å². The highest BCUT2D eigenvalue weighted by Crippen LogP contribution is 2.35. The van der Waals surface area contributed by atoms with Crippen LogP contribution in [0.15, 0.2) is 70.6 Å². The Morgan fingerprint density at radius 3 is 2.63 bits per heavy atom. The fourth-order valence-corrected chi connectivity index (χ4v) is 5.10. The van der Waals surface area contributed by atoms with Crippen LogP contribution in [0.4, 0.5) is 0 Å². The summed E-state index contributed by atoms with van der Waals surface area (Å²) in [6.07, 6.45) is 1.64. The third kappa shape index (κ3) is 4.43. The molecule has 30 heavy (non-hydrogen) atoms. The van der Waals surface area contributed by atoms with Gasteiger partial charge in [0.1, 0.15) is 11.2 Å². The summed E-state index contributed by atoms with van der Waals surface area (Å²) in [7, 11) is 0. The summed E-state index contributed by atoms with van der Waals surface area (Å²) in [5.74, 6) is 0.345. The molecule has 0 saturated heterocycles. The van der Waals surface area contributed by atoms with Crippen molar-refractivity contribution < 1.29 is 4.79 Å². The van der Waals surface area contributed by atoms with E-state index in [1.54, 1.807) is 11.8 Å². The highest BCUT2D eigenvalue weighted by Gasteiger charge is 2.17. The summed E-state index contributed by atoms with van der Waals surface area (Å²) >= 11 is 8.92. The number of thiophene rings is 1. The lowest BCUT2D eigenvalue weighted by atomic mass is 10.0. The number of nitrogens with one attached hydrogen (secondary N) is 1. The number of nitrogens with zero attached hydrogens (tertiary/aromatic N) is 2. The first-order chi connectivity index (χ1) is 14.5. The molecule has 0 unspecified atom stereocenters. The average molecular weight is 456 g/mol. The first-order valence-electron chi connectivity index (χ1n) is 9.27. The van der Waals surface area contributed by atoms with Crippen LogP contribution in [0, 0.1) is 6.92 Å². The molecular weight excluding hydrogens is 438 g/mol. The lowest BCUT2D eigenvalue weighted by Crippen LogP contribution is -2.33. The van der Waals surface area contributed by atoms with Gasteiger partial charge in [0.15, 0.2) is 0 Å². The number of rotatable bonds is 6. The zero-order chi connectivity index (χ0) is 21.1. The van der Waals surface area contributed by atoms with Crippen molar-refractivity contribution in [1.82, 2.24) is 9.66 Å². The van der Waals surface area contributed by atoms with Crippen molar-refractivity contribution in [2.24, 2.45) is 0 Å². The van der Waals surface area contributed by atoms with Crippen LogP contribution in [0.2, 0.25) is 5.02 Å². The van der Waals surface area contributed by atoms with Crippen LogP contribution >= 0.6 is 34.7 Å². The minimum Gasteiger partial charge on any atom is -0.273 e. The molecule has 0 aliphatic rings. The summed E-state index contributed by atoms with van der Waals surface area (Å²) in [6.45, 7) is 1.98. The number of aromatic nitrogens is 2. The Kier molecular flexibility index (Phi) is 6.22. The summed E-state index contributed by atoms with van der Waals surface area (Å²) in [5, 5.41) is 1.21. The second-order valence-electron chi connectivity index (χ2n) is 6.59. The van der Waals surface area contributed by atoms with Crippen LogP contribution in [-0.2, 0) is 4.79 Å². The number of hydrogen-bond donors (Lipinski definition) is 1. The summed E-state index contributed by atoms with van der Waals surface area (Å²) in [4.78, 5) is 32.6. The molecule has 0 atom stereocenters. The zero-order valence-corrected chi connectivity index (χ0v) is 18.5. The van der Waals surface area contributed by atoms with E-state index in [0.717, 1.165) is 20.9 Å². The lowest BCUT2D eigenvalue weighted by Gasteiger charge is -2.08. The number of halogens is 1. The third-order valence-electron chi connectivity index (χ3n) is 4.51. The van der Waals surface area contributed by atoms with Crippen molar-refractivity contribution in [3.8, 4) is 11.1 Å². The highest BCUT2D eigenvalue weighted by molar-refractivity contribution is 7.99. The van der Waals surface area contributed by atoms with Gasteiger partial charge in [0, 0.05) is 32.5 Å². The van der Waals surface area contributed by atoms with Crippen molar-refractivity contribution in [2.45, 2.75) is 18.2 Å². The Morgan fingerprint density at radius 2 is 1.90 bits per heavy atom. The molecule has 152 valence electrons. The minimum absolute atomic E-state index is 0.243. The molecule has 0 aliphatic heterocycles. The van der Waals surface area contributed by atoms with Crippen LogP contribution in [0.25, 0.3) is 21.3 Å². The van der Waals surface area contributed by atoms with Gasteiger partial charge < -0.3 is 0 Å². The Bertz CT molecular complexity index is 1250. The second kappa shape index (κ2) is 9.04. The topological polar surface area (TPSA) is 64.0 Å². The molecule has 5 nitrogen and oxygen atoms in total. The van der Waals surface area contributed by atoms with E-state index >= 15 is 0 Å². The van der Waals surface area contributed by atoms with Gasteiger partial charge >= 0.3 is 0 Å². The standard InChI is InChI=1S/C22H18ClN3O2S2/c1-14-19(15-5-3-2-4-6-15)20-21(30-14)24-13-26(22(20)28)25-18(27)11-12-29-17-9-7-16(23)8-10-17/h2-10,13H,11-12H2,1H3,(H,25,27). The van der Waals surface area contributed by atoms with Gasteiger partial charge in [-0.3, -0.25) is 15.0 Å². The molecule has 4 aromatic rings. The number of hydrogen-bond acceptors (Lipinski definition) is 5. The van der Waals surface area contributed by atoms with Crippen molar-refractivity contribution >= 4 is 50.8 Å². The monoisotopic (exact) mass is 455 g/mol. The predicted octanol–water partition coefficient (Wildman–Crippen LogP) is 5.34. The van der Waals surface area contributed by atoms with Crippen LogP contribution < -0.4 is 11.0 Å². The number of fused-ring (bicyclic) bond motifs is 1. The van der Waals surface area contributed by atoms with E-state index in [1.807, 2.05) is 61.5 Å². The van der Waals surface area contributed by atoms with Crippen molar-refractivity contribution in [3.05, 3.63) is 81.2 Å². The Labute approximate surface area is 186 Å². The molecule has 0 spiro atoms. The molecule has 2 aromatic heterocycles. The van der Waals surface area contributed by atoms with Crippen LogP contribution in [0.1, 0.15) is 11.3 Å². The Balaban J connectivity index is 1.52. The van der Waals surface area contributed by atoms with Crippen LogP contribution in [0.3, 0.4) is 0 Å². The summed E-state index contributed by atoms with van der Waals surface area (Å²) < 4.78 is 1.18. The Morgan fingerprint density at radius 1 is 1.17 bits per heavy atom. The quantitative estimate of drug-likeness (QED) is 0.398. The summed E-state index contributed by atoms with van der Waals surface area (Å²) in [6, 6.07) is 17.2. The molecule has 1 amide bonds. The Hall–Kier alpha value is -2.61. The maximum atomic E-state index is 13.1. The molecule has 0 aliphatic carbocycles. The van der Waals surface area contributed by atoms with E-state index < -0.39 is 0 Å². The van der Waals surface area contributed by atoms with Gasteiger partial charge in [-0.25, -0.2) is 9.66 Å². The van der Waals surface area contributed by atoms with Crippen molar-refractivity contribution in [1.29, 1.82) is 0 Å². The van der Waals surface area contributed by atoms with E-state index in [9.17, 15) is 9.59 Å². The maximum absolute atomic E-state index is 13.1. The molecule has 2 heterocycles. The maximum Gasteiger partial charge on any atom is 0.281 e. The van der Waals surface area contributed by atoms with Gasteiger partial charge in [0.2, 0.25) is 5.91 Å². The van der Waals surface area contributed by atoms with Crippen molar-refractivity contribution in [2.75, 3.05) is 11.2 Å². The molecule has 8 heteroatoms. The van der Waals surface area contributed by atoms with Gasteiger partial charge in [0.25, 0.3) is 5.56 Å². The first kappa shape index (κ1) is 20.7. The minimum atomic E-state index is -0.276. The molecule has 4 rings (SSSR count). The second-order valence-corrected chi connectivity index (χ2v) is 9.39. The number of benzene rings is 2. The fourth-order valence-electron chi connectivity index (χ4n) is 3.12. The SMILES string of the molecule is Cc1sc2ncn(NC(=O)CCSc3ccc(Cl)cc3)c(=O)c2c1-c1ccccc1. The van der Waals surface area contributed by atoms with Gasteiger partial charge in [-0.15, -0.1) is 23.1 Å². The van der Waals surface area contributed by atoms with Gasteiger partial charge in [0.05, 0.1) is 5.39 Å². The summed E-state index contributed by atoms with van der Waals surface area (Å²) in [5.41, 5.74) is 4.21. The lowest BCUT2D eigenvalue weighted by molar-refractivity contribution is -0.116. The van der Waals surface area contributed by atoms with Crippen LogP contribution in [-0.4, -0.2) is 21.3 Å². The fraction of sp³-hybridized carbons (Fsp3) is 0.136. The molecule has 1 N–H and O–H groups in total. The molecule has 2 aromatic carbocycles. The normalized spacial score (nSPS) is 11.0. The van der Waals surface area contributed by atoms with E-state index in [1.165, 1.54) is 22.3 Å². The highest BCUT2D eigenvalue weighted by atomic mass is 35.5. The van der Waals surface area contributed by atoms with E-state index in [2.05, 4.69) is 10.4 Å². The zero-order valence-electron chi connectivity index (χ0n) is 16.1. The number of carbonyl (C=O) groups is 1. The molecule has 0 bridgehead atoms. The smallest absolute Gasteiger partial charge is 0.273 e. The predicted molar refractivity (Wildman–Crippen MR) is 125 cm³/mol. The van der Waals surface area contributed by atoms with Gasteiger partial charge in [-0.1, -0.05) is 41.9 Å². The number of carbonyl (C=O) groups excluding carboxylic acids is 1. The molecule has 0 radical (unpaired) electrons. The number of thioether (sulfide) groups is 1.